The van der Waals surface area contributed by atoms with Gasteiger partial charge in [-0.2, -0.15) is 0 Å². The first-order valence-corrected chi connectivity index (χ1v) is 5.14. The Bertz CT molecular complexity index is 244. The summed E-state index contributed by atoms with van der Waals surface area (Å²) in [4.78, 5) is 23.9. The SMILES string of the molecule is CC1CNCCN1C(=O)CCNC(N)=O. The van der Waals surface area contributed by atoms with E-state index in [1.807, 2.05) is 11.8 Å². The van der Waals surface area contributed by atoms with E-state index in [9.17, 15) is 9.59 Å². The molecule has 1 rings (SSSR count). The quantitative estimate of drug-likeness (QED) is 0.555. The Morgan fingerprint density at radius 2 is 2.33 bits per heavy atom. The van der Waals surface area contributed by atoms with Crippen molar-refractivity contribution in [3.8, 4) is 0 Å². The maximum atomic E-state index is 11.7. The van der Waals surface area contributed by atoms with Crippen LogP contribution in [0.15, 0.2) is 0 Å². The molecular weight excluding hydrogens is 196 g/mol. The van der Waals surface area contributed by atoms with Crippen LogP contribution in [0.5, 0.6) is 0 Å². The summed E-state index contributed by atoms with van der Waals surface area (Å²) in [6.45, 7) is 4.71. The molecule has 1 atom stereocenters. The van der Waals surface area contributed by atoms with Crippen LogP contribution in [0, 0.1) is 0 Å². The number of piperazine rings is 1. The lowest BCUT2D eigenvalue weighted by molar-refractivity contribution is -0.133. The van der Waals surface area contributed by atoms with Crippen molar-refractivity contribution in [1.29, 1.82) is 0 Å². The molecule has 1 aliphatic rings. The van der Waals surface area contributed by atoms with Crippen molar-refractivity contribution < 1.29 is 9.59 Å². The van der Waals surface area contributed by atoms with Gasteiger partial charge in [-0.1, -0.05) is 0 Å². The average molecular weight is 214 g/mol. The molecule has 3 amide bonds. The zero-order valence-electron chi connectivity index (χ0n) is 8.95. The van der Waals surface area contributed by atoms with E-state index in [0.717, 1.165) is 19.6 Å². The summed E-state index contributed by atoms with van der Waals surface area (Å²) in [5.74, 6) is 0.0674. The molecule has 4 N–H and O–H groups in total. The van der Waals surface area contributed by atoms with E-state index >= 15 is 0 Å². The molecule has 1 saturated heterocycles. The third-order valence-corrected chi connectivity index (χ3v) is 2.46. The monoisotopic (exact) mass is 214 g/mol. The van der Waals surface area contributed by atoms with E-state index < -0.39 is 6.03 Å². The largest absolute Gasteiger partial charge is 0.352 e. The molecule has 1 unspecified atom stereocenters. The van der Waals surface area contributed by atoms with Crippen LogP contribution in [0.3, 0.4) is 0 Å². The molecule has 1 aliphatic heterocycles. The topological polar surface area (TPSA) is 87.5 Å². The highest BCUT2D eigenvalue weighted by Gasteiger charge is 2.22. The van der Waals surface area contributed by atoms with Gasteiger partial charge >= 0.3 is 6.03 Å². The van der Waals surface area contributed by atoms with Gasteiger partial charge in [0.25, 0.3) is 0 Å². The molecule has 0 aromatic rings. The van der Waals surface area contributed by atoms with Gasteiger partial charge in [-0.3, -0.25) is 4.79 Å². The lowest BCUT2D eigenvalue weighted by atomic mass is 10.2. The molecule has 1 heterocycles. The second-order valence-electron chi connectivity index (χ2n) is 3.68. The third kappa shape index (κ3) is 3.75. The number of hydrogen-bond acceptors (Lipinski definition) is 3. The highest BCUT2D eigenvalue weighted by atomic mass is 16.2. The van der Waals surface area contributed by atoms with Gasteiger partial charge in [0.05, 0.1) is 0 Å². The molecule has 0 spiro atoms. The predicted molar refractivity (Wildman–Crippen MR) is 56.2 cm³/mol. The Balaban J connectivity index is 2.29. The van der Waals surface area contributed by atoms with E-state index in [2.05, 4.69) is 10.6 Å². The smallest absolute Gasteiger partial charge is 0.312 e. The molecular formula is C9H18N4O2. The molecule has 0 bridgehead atoms. The number of carbonyl (C=O) groups is 2. The minimum absolute atomic E-state index is 0.0674. The predicted octanol–water partition coefficient (Wildman–Crippen LogP) is -1.13. The average Bonchev–Trinajstić information content (AvgIpc) is 2.17. The zero-order chi connectivity index (χ0) is 11.3. The van der Waals surface area contributed by atoms with Gasteiger partial charge < -0.3 is 21.3 Å². The fourth-order valence-corrected chi connectivity index (χ4v) is 1.65. The first-order valence-electron chi connectivity index (χ1n) is 5.14. The van der Waals surface area contributed by atoms with Crippen LogP contribution in [0.4, 0.5) is 4.79 Å². The lowest BCUT2D eigenvalue weighted by Crippen LogP contribution is -2.52. The van der Waals surface area contributed by atoms with E-state index in [1.165, 1.54) is 0 Å². The van der Waals surface area contributed by atoms with Crippen molar-refractivity contribution in [2.45, 2.75) is 19.4 Å². The molecule has 1 fully saturated rings. The Morgan fingerprint density at radius 3 is 2.93 bits per heavy atom. The Morgan fingerprint density at radius 1 is 1.60 bits per heavy atom. The summed E-state index contributed by atoms with van der Waals surface area (Å²) in [5, 5.41) is 5.62. The number of amides is 3. The van der Waals surface area contributed by atoms with Crippen LogP contribution < -0.4 is 16.4 Å². The van der Waals surface area contributed by atoms with Gasteiger partial charge in [0.15, 0.2) is 0 Å². The number of urea groups is 1. The van der Waals surface area contributed by atoms with Gasteiger partial charge in [0.1, 0.15) is 0 Å². The van der Waals surface area contributed by atoms with E-state index in [1.54, 1.807) is 0 Å². The van der Waals surface area contributed by atoms with Crippen molar-refractivity contribution in [2.24, 2.45) is 5.73 Å². The standard InChI is InChI=1S/C9H18N4O2/c1-7-6-11-4-5-13(7)8(14)2-3-12-9(10)15/h7,11H,2-6H2,1H3,(H3,10,12,15). The van der Waals surface area contributed by atoms with Crippen molar-refractivity contribution in [1.82, 2.24) is 15.5 Å². The molecule has 6 nitrogen and oxygen atoms in total. The van der Waals surface area contributed by atoms with Crippen molar-refractivity contribution in [3.05, 3.63) is 0 Å². The van der Waals surface area contributed by atoms with Gasteiger partial charge in [-0.05, 0) is 6.92 Å². The van der Waals surface area contributed by atoms with Crippen molar-refractivity contribution in [2.75, 3.05) is 26.2 Å². The summed E-state index contributed by atoms with van der Waals surface area (Å²) in [7, 11) is 0. The number of nitrogens with two attached hydrogens (primary N) is 1. The lowest BCUT2D eigenvalue weighted by Gasteiger charge is -2.34. The third-order valence-electron chi connectivity index (χ3n) is 2.46. The number of hydrogen-bond donors (Lipinski definition) is 3. The second-order valence-corrected chi connectivity index (χ2v) is 3.68. The van der Waals surface area contributed by atoms with Crippen molar-refractivity contribution in [3.63, 3.8) is 0 Å². The van der Waals surface area contributed by atoms with E-state index in [4.69, 9.17) is 5.73 Å². The van der Waals surface area contributed by atoms with Crippen LogP contribution in [-0.2, 0) is 4.79 Å². The van der Waals surface area contributed by atoms with Crippen LogP contribution >= 0.6 is 0 Å². The first-order chi connectivity index (χ1) is 7.11. The number of nitrogens with one attached hydrogen (secondary N) is 2. The van der Waals surface area contributed by atoms with Gasteiger partial charge in [-0.25, -0.2) is 4.79 Å². The summed E-state index contributed by atoms with van der Waals surface area (Å²) >= 11 is 0. The molecule has 0 aromatic carbocycles. The van der Waals surface area contributed by atoms with Crippen LogP contribution in [0.1, 0.15) is 13.3 Å². The highest BCUT2D eigenvalue weighted by molar-refractivity contribution is 5.78. The molecule has 0 saturated carbocycles. The number of rotatable bonds is 3. The first kappa shape index (κ1) is 11.8. The number of primary amides is 1. The molecule has 0 radical (unpaired) electrons. The zero-order valence-corrected chi connectivity index (χ0v) is 8.95. The Labute approximate surface area is 89.2 Å². The van der Waals surface area contributed by atoms with Gasteiger partial charge in [0.2, 0.25) is 5.91 Å². The van der Waals surface area contributed by atoms with Crippen LogP contribution in [0.25, 0.3) is 0 Å². The minimum Gasteiger partial charge on any atom is -0.352 e. The molecule has 6 heteroatoms. The molecule has 0 aliphatic carbocycles. The maximum Gasteiger partial charge on any atom is 0.312 e. The van der Waals surface area contributed by atoms with E-state index in [0.29, 0.717) is 13.0 Å². The number of nitrogens with zero attached hydrogens (tertiary/aromatic N) is 1. The van der Waals surface area contributed by atoms with Gasteiger partial charge in [0, 0.05) is 38.6 Å². The molecule has 15 heavy (non-hydrogen) atoms. The normalized spacial score (nSPS) is 21.1. The second kappa shape index (κ2) is 5.55. The fraction of sp³-hybridized carbons (Fsp3) is 0.778. The molecule has 0 aromatic heterocycles. The molecule has 86 valence electrons. The number of carbonyl (C=O) groups excluding carboxylic acids is 2. The van der Waals surface area contributed by atoms with Crippen LogP contribution in [0.2, 0.25) is 0 Å². The minimum atomic E-state index is -0.587. The van der Waals surface area contributed by atoms with E-state index in [-0.39, 0.29) is 11.9 Å². The summed E-state index contributed by atoms with van der Waals surface area (Å²) in [6, 6.07) is -0.365. The van der Waals surface area contributed by atoms with Crippen LogP contribution in [-0.4, -0.2) is 49.1 Å². The summed E-state index contributed by atoms with van der Waals surface area (Å²) in [6.07, 6.45) is 0.313. The Hall–Kier alpha value is -1.30. The maximum absolute atomic E-state index is 11.7. The Kier molecular flexibility index (Phi) is 4.36. The summed E-state index contributed by atoms with van der Waals surface area (Å²) < 4.78 is 0. The fourth-order valence-electron chi connectivity index (χ4n) is 1.65. The van der Waals surface area contributed by atoms with Gasteiger partial charge in [-0.15, -0.1) is 0 Å². The highest BCUT2D eigenvalue weighted by Crippen LogP contribution is 2.04. The van der Waals surface area contributed by atoms with Crippen molar-refractivity contribution >= 4 is 11.9 Å². The summed E-state index contributed by atoms with van der Waals surface area (Å²) in [5.41, 5.74) is 4.90.